The minimum absolute atomic E-state index is 0.0170. The van der Waals surface area contributed by atoms with E-state index in [4.69, 9.17) is 0 Å². The standard InChI is InChI=1S/C18H23FN4O2/c1-3-23-17(20-21(2)18(23)25)14-7-5-9-22(12-14)16(24)11-13-6-4-8-15(19)10-13/h4,6,8,10,14H,3,5,7,9,11-12H2,1-2H3. The predicted molar refractivity (Wildman–Crippen MR) is 91.8 cm³/mol. The Balaban J connectivity index is 1.74. The van der Waals surface area contributed by atoms with Crippen molar-refractivity contribution >= 4 is 5.91 Å². The van der Waals surface area contributed by atoms with Crippen LogP contribution < -0.4 is 5.69 Å². The zero-order chi connectivity index (χ0) is 18.0. The van der Waals surface area contributed by atoms with Gasteiger partial charge in [0, 0.05) is 32.6 Å². The number of hydrogen-bond donors (Lipinski definition) is 0. The molecular formula is C18H23FN4O2. The Bertz CT molecular complexity index is 827. The van der Waals surface area contributed by atoms with Crippen LogP contribution in [0.4, 0.5) is 4.39 Å². The highest BCUT2D eigenvalue weighted by Crippen LogP contribution is 2.25. The van der Waals surface area contributed by atoms with Gasteiger partial charge >= 0.3 is 5.69 Å². The predicted octanol–water partition coefficient (Wildman–Crippen LogP) is 1.69. The number of aromatic nitrogens is 3. The normalized spacial score (nSPS) is 17.7. The number of aryl methyl sites for hydroxylation is 1. The number of halogens is 1. The third-order valence-electron chi connectivity index (χ3n) is 4.74. The van der Waals surface area contributed by atoms with Gasteiger partial charge in [0.1, 0.15) is 11.6 Å². The van der Waals surface area contributed by atoms with E-state index in [0.717, 1.165) is 18.7 Å². The van der Waals surface area contributed by atoms with Crippen LogP contribution in [0.15, 0.2) is 29.1 Å². The van der Waals surface area contributed by atoms with Crippen molar-refractivity contribution in [2.75, 3.05) is 13.1 Å². The van der Waals surface area contributed by atoms with Gasteiger partial charge in [0.2, 0.25) is 5.91 Å². The summed E-state index contributed by atoms with van der Waals surface area (Å²) in [7, 11) is 1.65. The summed E-state index contributed by atoms with van der Waals surface area (Å²) in [5.41, 5.74) is 0.552. The van der Waals surface area contributed by atoms with E-state index in [0.29, 0.717) is 25.2 Å². The third kappa shape index (κ3) is 3.65. The fourth-order valence-electron chi connectivity index (χ4n) is 3.47. The van der Waals surface area contributed by atoms with Crippen LogP contribution in [0.5, 0.6) is 0 Å². The van der Waals surface area contributed by atoms with Gasteiger partial charge in [-0.1, -0.05) is 12.1 Å². The first kappa shape index (κ1) is 17.4. The average Bonchev–Trinajstić information content (AvgIpc) is 2.89. The highest BCUT2D eigenvalue weighted by molar-refractivity contribution is 5.79. The highest BCUT2D eigenvalue weighted by Gasteiger charge is 2.28. The Hall–Kier alpha value is -2.44. The van der Waals surface area contributed by atoms with Crippen LogP contribution in [0.2, 0.25) is 0 Å². The van der Waals surface area contributed by atoms with Crippen molar-refractivity contribution in [3.05, 3.63) is 52.0 Å². The lowest BCUT2D eigenvalue weighted by Crippen LogP contribution is -2.40. The van der Waals surface area contributed by atoms with E-state index in [1.54, 1.807) is 28.6 Å². The lowest BCUT2D eigenvalue weighted by molar-refractivity contribution is -0.131. The second-order valence-electron chi connectivity index (χ2n) is 6.49. The van der Waals surface area contributed by atoms with Crippen molar-refractivity contribution in [2.24, 2.45) is 7.05 Å². The van der Waals surface area contributed by atoms with Gasteiger partial charge in [0.05, 0.1) is 6.42 Å². The number of rotatable bonds is 4. The van der Waals surface area contributed by atoms with E-state index in [9.17, 15) is 14.0 Å². The molecule has 0 aliphatic carbocycles. The summed E-state index contributed by atoms with van der Waals surface area (Å²) in [5.74, 6) is 0.455. The van der Waals surface area contributed by atoms with Gasteiger partial charge in [-0.2, -0.15) is 5.10 Å². The van der Waals surface area contributed by atoms with Gasteiger partial charge in [-0.15, -0.1) is 0 Å². The Morgan fingerprint density at radius 2 is 2.20 bits per heavy atom. The second-order valence-corrected chi connectivity index (χ2v) is 6.49. The van der Waals surface area contributed by atoms with Crippen LogP contribution in [0.1, 0.15) is 37.1 Å². The van der Waals surface area contributed by atoms with E-state index in [-0.39, 0.29) is 29.8 Å². The molecular weight excluding hydrogens is 323 g/mol. The molecule has 0 bridgehead atoms. The largest absolute Gasteiger partial charge is 0.345 e. The molecule has 1 fully saturated rings. The number of benzene rings is 1. The van der Waals surface area contributed by atoms with Gasteiger partial charge in [-0.25, -0.2) is 13.9 Å². The molecule has 1 aliphatic heterocycles. The molecule has 134 valence electrons. The van der Waals surface area contributed by atoms with Gasteiger partial charge in [-0.3, -0.25) is 9.36 Å². The Kier molecular flexibility index (Phi) is 5.01. The zero-order valence-electron chi connectivity index (χ0n) is 14.6. The van der Waals surface area contributed by atoms with Crippen molar-refractivity contribution in [1.82, 2.24) is 19.2 Å². The van der Waals surface area contributed by atoms with Gasteiger partial charge in [0.25, 0.3) is 0 Å². The van der Waals surface area contributed by atoms with Crippen molar-refractivity contribution in [3.8, 4) is 0 Å². The summed E-state index contributed by atoms with van der Waals surface area (Å²) in [6, 6.07) is 6.14. The fraction of sp³-hybridized carbons (Fsp3) is 0.500. The fourth-order valence-corrected chi connectivity index (χ4v) is 3.47. The molecule has 2 aromatic rings. The van der Waals surface area contributed by atoms with E-state index >= 15 is 0 Å². The molecule has 0 radical (unpaired) electrons. The molecule has 0 N–H and O–H groups in total. The molecule has 2 heterocycles. The van der Waals surface area contributed by atoms with Crippen molar-refractivity contribution in [1.29, 1.82) is 0 Å². The maximum Gasteiger partial charge on any atom is 0.345 e. The Labute approximate surface area is 145 Å². The molecule has 25 heavy (non-hydrogen) atoms. The molecule has 1 aromatic carbocycles. The van der Waals surface area contributed by atoms with Crippen molar-refractivity contribution in [2.45, 2.75) is 38.6 Å². The maximum atomic E-state index is 13.3. The molecule has 1 aliphatic rings. The molecule has 1 saturated heterocycles. The summed E-state index contributed by atoms with van der Waals surface area (Å²) in [5, 5.41) is 4.37. The number of carbonyl (C=O) groups excluding carboxylic acids is 1. The minimum atomic E-state index is -0.331. The molecule has 1 atom stereocenters. The zero-order valence-corrected chi connectivity index (χ0v) is 14.6. The first-order valence-corrected chi connectivity index (χ1v) is 8.65. The van der Waals surface area contributed by atoms with E-state index in [1.807, 2.05) is 6.92 Å². The van der Waals surface area contributed by atoms with Crippen LogP contribution in [0, 0.1) is 5.82 Å². The Morgan fingerprint density at radius 1 is 1.40 bits per heavy atom. The molecule has 0 spiro atoms. The SMILES string of the molecule is CCn1c(C2CCCN(C(=O)Cc3cccc(F)c3)C2)nn(C)c1=O. The number of likely N-dealkylation sites (tertiary alicyclic amines) is 1. The molecule has 6 nitrogen and oxygen atoms in total. The molecule has 1 amide bonds. The van der Waals surface area contributed by atoms with Crippen LogP contribution in [0.25, 0.3) is 0 Å². The molecule has 1 aromatic heterocycles. The van der Waals surface area contributed by atoms with E-state index < -0.39 is 0 Å². The summed E-state index contributed by atoms with van der Waals surface area (Å²) in [6.45, 7) is 3.72. The van der Waals surface area contributed by atoms with Crippen molar-refractivity contribution < 1.29 is 9.18 Å². The lowest BCUT2D eigenvalue weighted by Gasteiger charge is -2.32. The highest BCUT2D eigenvalue weighted by atomic mass is 19.1. The average molecular weight is 346 g/mol. The lowest BCUT2D eigenvalue weighted by atomic mass is 9.96. The quantitative estimate of drug-likeness (QED) is 0.846. The summed E-state index contributed by atoms with van der Waals surface area (Å²) >= 11 is 0. The number of hydrogen-bond acceptors (Lipinski definition) is 3. The maximum absolute atomic E-state index is 13.3. The summed E-state index contributed by atoms with van der Waals surface area (Å²) in [6.07, 6.45) is 1.96. The molecule has 7 heteroatoms. The van der Waals surface area contributed by atoms with Crippen LogP contribution in [-0.2, 0) is 24.8 Å². The number of amides is 1. The van der Waals surface area contributed by atoms with Crippen LogP contribution in [0.3, 0.4) is 0 Å². The van der Waals surface area contributed by atoms with Gasteiger partial charge < -0.3 is 4.90 Å². The number of nitrogens with zero attached hydrogens (tertiary/aromatic N) is 4. The number of piperidine rings is 1. The first-order valence-electron chi connectivity index (χ1n) is 8.65. The molecule has 0 saturated carbocycles. The summed E-state index contributed by atoms with van der Waals surface area (Å²) < 4.78 is 16.3. The molecule has 3 rings (SSSR count). The van der Waals surface area contributed by atoms with Gasteiger partial charge in [0.15, 0.2) is 0 Å². The Morgan fingerprint density at radius 3 is 2.92 bits per heavy atom. The topological polar surface area (TPSA) is 60.1 Å². The van der Waals surface area contributed by atoms with E-state index in [2.05, 4.69) is 5.10 Å². The summed E-state index contributed by atoms with van der Waals surface area (Å²) in [4.78, 5) is 26.5. The van der Waals surface area contributed by atoms with Crippen molar-refractivity contribution in [3.63, 3.8) is 0 Å². The van der Waals surface area contributed by atoms with Gasteiger partial charge in [-0.05, 0) is 37.5 Å². The second kappa shape index (κ2) is 7.21. The van der Waals surface area contributed by atoms with E-state index in [1.165, 1.54) is 16.8 Å². The minimum Gasteiger partial charge on any atom is -0.342 e. The smallest absolute Gasteiger partial charge is 0.342 e. The van der Waals surface area contributed by atoms with Crippen LogP contribution >= 0.6 is 0 Å². The molecule has 1 unspecified atom stereocenters. The first-order chi connectivity index (χ1) is 12.0. The number of carbonyl (C=O) groups is 1. The van der Waals surface area contributed by atoms with Crippen LogP contribution in [-0.4, -0.2) is 38.2 Å². The third-order valence-corrected chi connectivity index (χ3v) is 4.74. The monoisotopic (exact) mass is 346 g/mol.